The predicted octanol–water partition coefficient (Wildman–Crippen LogP) is 2.35. The lowest BCUT2D eigenvalue weighted by molar-refractivity contribution is -0.120. The number of rotatable bonds is 5. The summed E-state index contributed by atoms with van der Waals surface area (Å²) in [4.78, 5) is 18.3. The average Bonchev–Trinajstić information content (AvgIpc) is 2.95. The molecule has 0 bridgehead atoms. The summed E-state index contributed by atoms with van der Waals surface area (Å²) in [6.07, 6.45) is 6.72. The molecule has 1 aromatic rings. The molecule has 25 heavy (non-hydrogen) atoms. The lowest BCUT2D eigenvalue weighted by Gasteiger charge is -2.15. The van der Waals surface area contributed by atoms with Crippen LogP contribution in [0.4, 0.5) is 0 Å². The SMILES string of the molecule is COC1=CC2=N/C(=C\c3cc(OC)c(OC)c(OC)c3)C(=O)N2C=C1. The monoisotopic (exact) mass is 342 g/mol. The minimum Gasteiger partial charge on any atom is -0.497 e. The van der Waals surface area contributed by atoms with E-state index in [4.69, 9.17) is 18.9 Å². The van der Waals surface area contributed by atoms with Gasteiger partial charge in [0.1, 0.15) is 17.3 Å². The van der Waals surface area contributed by atoms with Crippen LogP contribution >= 0.6 is 0 Å². The maximum atomic E-state index is 12.5. The van der Waals surface area contributed by atoms with Gasteiger partial charge in [-0.15, -0.1) is 0 Å². The highest BCUT2D eigenvalue weighted by Gasteiger charge is 2.29. The molecule has 2 aliphatic heterocycles. The van der Waals surface area contributed by atoms with E-state index in [2.05, 4.69) is 4.99 Å². The van der Waals surface area contributed by atoms with Gasteiger partial charge in [0.2, 0.25) is 5.75 Å². The molecule has 0 saturated carbocycles. The fraction of sp³-hybridized carbons (Fsp3) is 0.222. The van der Waals surface area contributed by atoms with Gasteiger partial charge in [-0.3, -0.25) is 9.69 Å². The Kier molecular flexibility index (Phi) is 4.47. The van der Waals surface area contributed by atoms with Crippen LogP contribution in [0.3, 0.4) is 0 Å². The number of amidine groups is 1. The summed E-state index contributed by atoms with van der Waals surface area (Å²) >= 11 is 0. The molecule has 0 N–H and O–H groups in total. The molecule has 0 aliphatic carbocycles. The standard InChI is InChI=1S/C18H18N2O5/c1-22-12-5-6-20-16(10-12)19-13(18(20)21)7-11-8-14(23-2)17(25-4)15(9-11)24-3/h5-10H,1-4H3/b13-7-. The molecule has 0 saturated heterocycles. The van der Waals surface area contributed by atoms with Gasteiger partial charge in [0.15, 0.2) is 11.5 Å². The second-order valence-corrected chi connectivity index (χ2v) is 5.20. The molecule has 0 unspecified atom stereocenters. The molecule has 0 atom stereocenters. The van der Waals surface area contributed by atoms with Crippen molar-refractivity contribution >= 4 is 17.8 Å². The maximum absolute atomic E-state index is 12.5. The van der Waals surface area contributed by atoms with Crippen LogP contribution in [0, 0.1) is 0 Å². The fourth-order valence-electron chi connectivity index (χ4n) is 2.59. The summed E-state index contributed by atoms with van der Waals surface area (Å²) in [6, 6.07) is 3.51. The van der Waals surface area contributed by atoms with E-state index < -0.39 is 0 Å². The quantitative estimate of drug-likeness (QED) is 0.768. The molecule has 1 aromatic carbocycles. The third-order valence-electron chi connectivity index (χ3n) is 3.81. The highest BCUT2D eigenvalue weighted by atomic mass is 16.5. The predicted molar refractivity (Wildman–Crippen MR) is 92.6 cm³/mol. The van der Waals surface area contributed by atoms with Crippen LogP contribution in [-0.4, -0.2) is 45.1 Å². The first-order valence-corrected chi connectivity index (χ1v) is 7.49. The molecule has 0 fully saturated rings. The van der Waals surface area contributed by atoms with E-state index in [1.165, 1.54) is 26.2 Å². The minimum atomic E-state index is -0.216. The van der Waals surface area contributed by atoms with Gasteiger partial charge in [0, 0.05) is 12.3 Å². The average molecular weight is 342 g/mol. The Morgan fingerprint density at radius 3 is 2.24 bits per heavy atom. The normalized spacial score (nSPS) is 17.2. The lowest BCUT2D eigenvalue weighted by atomic mass is 10.1. The van der Waals surface area contributed by atoms with Gasteiger partial charge in [-0.2, -0.15) is 0 Å². The van der Waals surface area contributed by atoms with Crippen LogP contribution in [0.15, 0.2) is 46.9 Å². The zero-order valence-corrected chi connectivity index (χ0v) is 14.4. The second kappa shape index (κ2) is 6.72. The van der Waals surface area contributed by atoms with Gasteiger partial charge in [-0.25, -0.2) is 4.99 Å². The molecule has 2 heterocycles. The van der Waals surface area contributed by atoms with E-state index in [1.807, 2.05) is 0 Å². The van der Waals surface area contributed by atoms with E-state index in [0.29, 0.717) is 40.1 Å². The third-order valence-corrected chi connectivity index (χ3v) is 3.81. The number of methoxy groups -OCH3 is 4. The van der Waals surface area contributed by atoms with E-state index in [9.17, 15) is 4.79 Å². The van der Waals surface area contributed by atoms with Gasteiger partial charge in [0.25, 0.3) is 5.91 Å². The zero-order chi connectivity index (χ0) is 18.0. The first-order valence-electron chi connectivity index (χ1n) is 7.49. The van der Waals surface area contributed by atoms with Gasteiger partial charge in [-0.05, 0) is 29.8 Å². The van der Waals surface area contributed by atoms with E-state index >= 15 is 0 Å². The van der Waals surface area contributed by atoms with Crippen molar-refractivity contribution in [1.29, 1.82) is 0 Å². The molecular formula is C18H18N2O5. The summed E-state index contributed by atoms with van der Waals surface area (Å²) < 4.78 is 21.1. The topological polar surface area (TPSA) is 69.6 Å². The number of benzene rings is 1. The van der Waals surface area contributed by atoms with Crippen molar-refractivity contribution in [1.82, 2.24) is 4.90 Å². The number of ether oxygens (including phenoxy) is 4. The number of hydrogen-bond donors (Lipinski definition) is 0. The largest absolute Gasteiger partial charge is 0.497 e. The molecule has 0 spiro atoms. The van der Waals surface area contributed by atoms with Crippen molar-refractivity contribution in [2.45, 2.75) is 0 Å². The molecule has 3 rings (SSSR count). The highest BCUT2D eigenvalue weighted by molar-refractivity contribution is 6.19. The zero-order valence-electron chi connectivity index (χ0n) is 14.4. The first kappa shape index (κ1) is 16.6. The molecule has 130 valence electrons. The summed E-state index contributed by atoms with van der Waals surface area (Å²) in [5.41, 5.74) is 1.02. The van der Waals surface area contributed by atoms with E-state index in [-0.39, 0.29) is 5.91 Å². The van der Waals surface area contributed by atoms with Crippen molar-refractivity contribution in [2.75, 3.05) is 28.4 Å². The Balaban J connectivity index is 2.01. The third kappa shape index (κ3) is 2.96. The highest BCUT2D eigenvalue weighted by Crippen LogP contribution is 2.39. The van der Waals surface area contributed by atoms with Gasteiger partial charge in [0.05, 0.1) is 28.4 Å². The van der Waals surface area contributed by atoms with E-state index in [1.54, 1.807) is 43.7 Å². The maximum Gasteiger partial charge on any atom is 0.282 e. The number of aliphatic imine (C=N–C) groups is 1. The summed E-state index contributed by atoms with van der Waals surface area (Å²) in [5.74, 6) is 2.44. The summed E-state index contributed by atoms with van der Waals surface area (Å²) in [6.45, 7) is 0. The van der Waals surface area contributed by atoms with Crippen molar-refractivity contribution in [3.8, 4) is 17.2 Å². The molecule has 0 aromatic heterocycles. The molecule has 1 amide bonds. The lowest BCUT2D eigenvalue weighted by Crippen LogP contribution is -2.27. The number of fused-ring (bicyclic) bond motifs is 1. The van der Waals surface area contributed by atoms with Crippen LogP contribution in [0.5, 0.6) is 17.2 Å². The van der Waals surface area contributed by atoms with Crippen LogP contribution in [0.2, 0.25) is 0 Å². The van der Waals surface area contributed by atoms with Crippen LogP contribution in [-0.2, 0) is 9.53 Å². The van der Waals surface area contributed by atoms with E-state index in [0.717, 1.165) is 0 Å². The first-order chi connectivity index (χ1) is 12.1. The number of nitrogens with zero attached hydrogens (tertiary/aromatic N) is 2. The van der Waals surface area contributed by atoms with Crippen LogP contribution in [0.1, 0.15) is 5.56 Å². The molecule has 0 radical (unpaired) electrons. The number of amides is 1. The Morgan fingerprint density at radius 1 is 1.00 bits per heavy atom. The Morgan fingerprint density at radius 2 is 1.68 bits per heavy atom. The number of hydrogen-bond acceptors (Lipinski definition) is 6. The second-order valence-electron chi connectivity index (χ2n) is 5.20. The van der Waals surface area contributed by atoms with Crippen LogP contribution < -0.4 is 14.2 Å². The van der Waals surface area contributed by atoms with Crippen molar-refractivity contribution in [3.63, 3.8) is 0 Å². The van der Waals surface area contributed by atoms with Crippen LogP contribution in [0.25, 0.3) is 6.08 Å². The van der Waals surface area contributed by atoms with Crippen molar-refractivity contribution < 1.29 is 23.7 Å². The number of allylic oxidation sites excluding steroid dienone is 1. The Labute approximate surface area is 145 Å². The Hall–Kier alpha value is -3.22. The number of carbonyl (C=O) groups excluding carboxylic acids is 1. The smallest absolute Gasteiger partial charge is 0.282 e. The number of carbonyl (C=O) groups is 1. The van der Waals surface area contributed by atoms with Gasteiger partial charge in [-0.1, -0.05) is 0 Å². The minimum absolute atomic E-state index is 0.216. The summed E-state index contributed by atoms with van der Waals surface area (Å²) in [5, 5.41) is 0. The fourth-order valence-corrected chi connectivity index (χ4v) is 2.59. The van der Waals surface area contributed by atoms with Crippen molar-refractivity contribution in [2.24, 2.45) is 4.99 Å². The van der Waals surface area contributed by atoms with Crippen molar-refractivity contribution in [3.05, 3.63) is 47.5 Å². The molecule has 7 nitrogen and oxygen atoms in total. The molecule has 2 aliphatic rings. The molecule has 7 heteroatoms. The van der Waals surface area contributed by atoms with Gasteiger partial charge >= 0.3 is 0 Å². The van der Waals surface area contributed by atoms with Gasteiger partial charge < -0.3 is 18.9 Å². The molecular weight excluding hydrogens is 324 g/mol. The Bertz CT molecular complexity index is 811. The summed E-state index contributed by atoms with van der Waals surface area (Å²) in [7, 11) is 6.18.